The van der Waals surface area contributed by atoms with E-state index in [9.17, 15) is 18.0 Å². The smallest absolute Gasteiger partial charge is 0.280 e. The van der Waals surface area contributed by atoms with Crippen LogP contribution in [0.2, 0.25) is 5.02 Å². The molecule has 6 nitrogen and oxygen atoms in total. The molecular formula is C21H23ClF3N5O. The van der Waals surface area contributed by atoms with Gasteiger partial charge in [0.1, 0.15) is 17.5 Å². The molecule has 0 bridgehead atoms. The summed E-state index contributed by atoms with van der Waals surface area (Å²) in [6.07, 6.45) is 0.807. The lowest BCUT2D eigenvalue weighted by molar-refractivity contribution is 0.100. The monoisotopic (exact) mass is 453 g/mol. The Labute approximate surface area is 183 Å². The minimum absolute atomic E-state index is 0.00322. The number of hydrogen-bond acceptors (Lipinski definition) is 3. The van der Waals surface area contributed by atoms with Crippen molar-refractivity contribution in [2.45, 2.75) is 44.9 Å². The van der Waals surface area contributed by atoms with Gasteiger partial charge in [0.05, 0.1) is 11.2 Å². The fourth-order valence-corrected chi connectivity index (χ4v) is 3.17. The Morgan fingerprint density at radius 1 is 1.19 bits per heavy atom. The maximum Gasteiger partial charge on any atom is 0.280 e. The van der Waals surface area contributed by atoms with Crippen molar-refractivity contribution < 1.29 is 18.0 Å². The van der Waals surface area contributed by atoms with E-state index in [4.69, 9.17) is 11.6 Å². The van der Waals surface area contributed by atoms with Gasteiger partial charge in [0.2, 0.25) is 5.96 Å². The first-order valence-corrected chi connectivity index (χ1v) is 10.2. The maximum absolute atomic E-state index is 13.7. The first kappa shape index (κ1) is 23.1. The normalized spacial score (nSPS) is 19.9. The summed E-state index contributed by atoms with van der Waals surface area (Å²) in [6, 6.07) is 6.69. The van der Waals surface area contributed by atoms with E-state index in [2.05, 4.69) is 26.5 Å². The molecule has 3 atom stereocenters. The number of aliphatic imine (C=N–C) groups is 1. The second kappa shape index (κ2) is 10.1. The van der Waals surface area contributed by atoms with Crippen LogP contribution >= 0.6 is 11.6 Å². The van der Waals surface area contributed by atoms with Crippen molar-refractivity contribution in [1.29, 1.82) is 0 Å². The van der Waals surface area contributed by atoms with E-state index in [0.717, 1.165) is 18.6 Å². The van der Waals surface area contributed by atoms with Crippen LogP contribution in [0.1, 0.15) is 48.7 Å². The van der Waals surface area contributed by atoms with Gasteiger partial charge in [0.15, 0.2) is 0 Å². The Hall–Kier alpha value is -2.62. The zero-order valence-electron chi connectivity index (χ0n) is 17.0. The van der Waals surface area contributed by atoms with E-state index in [0.29, 0.717) is 12.0 Å². The molecule has 0 radical (unpaired) electrons. The molecule has 0 saturated carbocycles. The third-order valence-corrected chi connectivity index (χ3v) is 5.18. The minimum Gasteiger partial charge on any atom is -0.354 e. The van der Waals surface area contributed by atoms with Crippen LogP contribution < -0.4 is 21.5 Å². The van der Waals surface area contributed by atoms with Gasteiger partial charge in [-0.2, -0.15) is 4.99 Å². The molecular weight excluding hydrogens is 431 g/mol. The third kappa shape index (κ3) is 6.19. The van der Waals surface area contributed by atoms with Crippen LogP contribution in [-0.2, 0) is 0 Å². The SMILES string of the molecule is CC[C@@H](C)N/C(=N/C(=O)c1ccc(Cl)c(F)c1)NC1CC(c2cc(F)cc(F)c2)NN1. The lowest BCUT2D eigenvalue weighted by Gasteiger charge is -2.20. The Balaban J connectivity index is 1.74. The molecule has 1 heterocycles. The lowest BCUT2D eigenvalue weighted by atomic mass is 10.0. The van der Waals surface area contributed by atoms with Gasteiger partial charge in [-0.3, -0.25) is 4.79 Å². The molecule has 0 spiro atoms. The van der Waals surface area contributed by atoms with E-state index in [1.807, 2.05) is 13.8 Å². The Bertz CT molecular complexity index is 967. The van der Waals surface area contributed by atoms with Crippen LogP contribution in [0.4, 0.5) is 13.2 Å². The first-order valence-electron chi connectivity index (χ1n) is 9.83. The lowest BCUT2D eigenvalue weighted by Crippen LogP contribution is -2.51. The van der Waals surface area contributed by atoms with Gasteiger partial charge in [0.25, 0.3) is 5.91 Å². The topological polar surface area (TPSA) is 77.5 Å². The van der Waals surface area contributed by atoms with Crippen LogP contribution in [-0.4, -0.2) is 24.1 Å². The van der Waals surface area contributed by atoms with E-state index in [-0.39, 0.29) is 34.8 Å². The zero-order valence-corrected chi connectivity index (χ0v) is 17.7. The van der Waals surface area contributed by atoms with Crippen LogP contribution in [0.15, 0.2) is 41.4 Å². The average molecular weight is 454 g/mol. The van der Waals surface area contributed by atoms with Gasteiger partial charge < -0.3 is 10.6 Å². The summed E-state index contributed by atoms with van der Waals surface area (Å²) in [5, 5.41) is 6.09. The highest BCUT2D eigenvalue weighted by Gasteiger charge is 2.27. The number of nitrogens with zero attached hydrogens (tertiary/aromatic N) is 1. The van der Waals surface area contributed by atoms with Crippen molar-refractivity contribution >= 4 is 23.5 Å². The van der Waals surface area contributed by atoms with Crippen molar-refractivity contribution in [2.75, 3.05) is 0 Å². The molecule has 2 aromatic carbocycles. The molecule has 1 amide bonds. The number of halogens is 4. The van der Waals surface area contributed by atoms with Crippen LogP contribution in [0.3, 0.4) is 0 Å². The van der Waals surface area contributed by atoms with Crippen LogP contribution in [0.25, 0.3) is 0 Å². The molecule has 2 aromatic rings. The predicted molar refractivity (Wildman–Crippen MR) is 113 cm³/mol. The molecule has 0 aromatic heterocycles. The Kier molecular flexibility index (Phi) is 7.53. The van der Waals surface area contributed by atoms with Crippen molar-refractivity contribution in [3.05, 3.63) is 70.0 Å². The van der Waals surface area contributed by atoms with Gasteiger partial charge in [0, 0.05) is 30.1 Å². The van der Waals surface area contributed by atoms with Crippen molar-refractivity contribution in [3.63, 3.8) is 0 Å². The number of hydrazine groups is 1. The van der Waals surface area contributed by atoms with Gasteiger partial charge >= 0.3 is 0 Å². The van der Waals surface area contributed by atoms with Crippen LogP contribution in [0, 0.1) is 17.5 Å². The number of carbonyl (C=O) groups excluding carboxylic acids is 1. The van der Waals surface area contributed by atoms with E-state index in [1.165, 1.54) is 24.3 Å². The molecule has 1 aliphatic heterocycles. The molecule has 2 unspecified atom stereocenters. The number of carbonyl (C=O) groups is 1. The molecule has 0 aliphatic carbocycles. The average Bonchev–Trinajstić information content (AvgIpc) is 3.17. The highest BCUT2D eigenvalue weighted by molar-refractivity contribution is 6.30. The van der Waals surface area contributed by atoms with Crippen LogP contribution in [0.5, 0.6) is 0 Å². The summed E-state index contributed by atoms with van der Waals surface area (Å²) in [4.78, 5) is 16.6. The predicted octanol–water partition coefficient (Wildman–Crippen LogP) is 3.80. The molecule has 1 saturated heterocycles. The van der Waals surface area contributed by atoms with Gasteiger partial charge in [-0.15, -0.1) is 0 Å². The summed E-state index contributed by atoms with van der Waals surface area (Å²) in [6.45, 7) is 3.89. The van der Waals surface area contributed by atoms with E-state index in [1.54, 1.807) is 0 Å². The second-order valence-corrected chi connectivity index (χ2v) is 7.73. The summed E-state index contributed by atoms with van der Waals surface area (Å²) in [7, 11) is 0. The molecule has 10 heteroatoms. The maximum atomic E-state index is 13.7. The van der Waals surface area contributed by atoms with Gasteiger partial charge in [-0.25, -0.2) is 24.0 Å². The molecule has 31 heavy (non-hydrogen) atoms. The number of hydrogen-bond donors (Lipinski definition) is 4. The number of guanidine groups is 1. The first-order chi connectivity index (χ1) is 14.7. The highest BCUT2D eigenvalue weighted by Crippen LogP contribution is 2.23. The summed E-state index contributed by atoms with van der Waals surface area (Å²) >= 11 is 5.67. The largest absolute Gasteiger partial charge is 0.354 e. The molecule has 3 rings (SSSR count). The molecule has 1 aliphatic rings. The minimum atomic E-state index is -0.709. The second-order valence-electron chi connectivity index (χ2n) is 7.32. The van der Waals surface area contributed by atoms with Gasteiger partial charge in [-0.1, -0.05) is 18.5 Å². The van der Waals surface area contributed by atoms with E-state index < -0.39 is 23.4 Å². The fourth-order valence-electron chi connectivity index (χ4n) is 3.05. The third-order valence-electron chi connectivity index (χ3n) is 4.88. The number of benzene rings is 2. The molecule has 1 fully saturated rings. The van der Waals surface area contributed by atoms with Crippen molar-refractivity contribution in [1.82, 2.24) is 21.5 Å². The quantitative estimate of drug-likeness (QED) is 0.409. The number of nitrogens with one attached hydrogen (secondary N) is 4. The van der Waals surface area contributed by atoms with Crippen molar-refractivity contribution in [2.24, 2.45) is 4.99 Å². The Morgan fingerprint density at radius 3 is 2.55 bits per heavy atom. The highest BCUT2D eigenvalue weighted by atomic mass is 35.5. The summed E-state index contributed by atoms with van der Waals surface area (Å²) < 4.78 is 40.7. The zero-order chi connectivity index (χ0) is 22.5. The Morgan fingerprint density at radius 2 is 1.90 bits per heavy atom. The fraction of sp³-hybridized carbons (Fsp3) is 0.333. The summed E-state index contributed by atoms with van der Waals surface area (Å²) in [5.41, 5.74) is 6.46. The summed E-state index contributed by atoms with van der Waals surface area (Å²) in [5.74, 6) is -2.48. The van der Waals surface area contributed by atoms with E-state index >= 15 is 0 Å². The number of amides is 1. The number of rotatable bonds is 5. The van der Waals surface area contributed by atoms with Gasteiger partial charge in [-0.05, 0) is 49.2 Å². The molecule has 166 valence electrons. The van der Waals surface area contributed by atoms with Crippen molar-refractivity contribution in [3.8, 4) is 0 Å². The standard InChI is InChI=1S/C21H23ClF3N5O/c1-3-11(2)26-21(28-20(31)12-4-5-16(22)17(25)8-12)27-19-10-18(29-30-19)13-6-14(23)9-15(24)7-13/h4-9,11,18-19,29-30H,3,10H2,1-2H3,(H2,26,27,28,31)/t11-,18?,19?/m1/s1. The molecule has 4 N–H and O–H groups in total.